The lowest BCUT2D eigenvalue weighted by molar-refractivity contribution is -0.147. The number of carbonyl (C=O) groups is 2. The SMILES string of the molecule is CC1CN(CC(=O)NC2C3CC4CC2CC(C(N)=O)(C4)C3)S(O)(O)N(c2c(Cl)cc(C3CC3)cc2Cl)C1. The second kappa shape index (κ2) is 9.17. The Morgan fingerprint density at radius 3 is 2.30 bits per heavy atom. The van der Waals surface area contributed by atoms with E-state index in [-0.39, 0.29) is 42.2 Å². The fourth-order valence-electron chi connectivity index (χ4n) is 7.82. The van der Waals surface area contributed by atoms with E-state index in [0.29, 0.717) is 40.7 Å². The zero-order chi connectivity index (χ0) is 26.3. The zero-order valence-electron chi connectivity index (χ0n) is 21.0. The fourth-order valence-corrected chi connectivity index (χ4v) is 10.5. The number of nitrogens with two attached hydrogens (primary N) is 1. The molecule has 1 aliphatic heterocycles. The number of halogens is 2. The molecule has 0 aromatic heterocycles. The molecule has 37 heavy (non-hydrogen) atoms. The Hall–Kier alpha value is -1.23. The lowest BCUT2D eigenvalue weighted by atomic mass is 9.47. The second-order valence-corrected chi connectivity index (χ2v) is 15.0. The number of hydrogen-bond donors (Lipinski definition) is 4. The van der Waals surface area contributed by atoms with Crippen LogP contribution in [0.2, 0.25) is 10.0 Å². The van der Waals surface area contributed by atoms with Gasteiger partial charge in [0.25, 0.3) is 0 Å². The molecule has 0 spiro atoms. The van der Waals surface area contributed by atoms with Gasteiger partial charge in [0.2, 0.25) is 11.8 Å². The van der Waals surface area contributed by atoms with Crippen LogP contribution in [0.15, 0.2) is 12.1 Å². The molecule has 6 fully saturated rings. The van der Waals surface area contributed by atoms with Crippen LogP contribution in [-0.2, 0) is 9.59 Å². The monoisotopic (exact) mass is 570 g/mol. The van der Waals surface area contributed by atoms with Crippen molar-refractivity contribution >= 4 is 51.7 Å². The van der Waals surface area contributed by atoms with E-state index in [1.54, 1.807) is 0 Å². The minimum Gasteiger partial charge on any atom is -0.369 e. The van der Waals surface area contributed by atoms with Gasteiger partial charge in [0.05, 0.1) is 22.3 Å². The molecule has 1 aromatic carbocycles. The number of carbonyl (C=O) groups excluding carboxylic acids is 2. The molecule has 7 rings (SSSR count). The van der Waals surface area contributed by atoms with Crippen molar-refractivity contribution in [2.45, 2.75) is 63.8 Å². The van der Waals surface area contributed by atoms with E-state index in [4.69, 9.17) is 28.9 Å². The summed E-state index contributed by atoms with van der Waals surface area (Å²) in [4.78, 5) is 25.5. The first-order valence-electron chi connectivity index (χ1n) is 13.4. The summed E-state index contributed by atoms with van der Waals surface area (Å²) in [7, 11) is -3.51. The van der Waals surface area contributed by atoms with Crippen molar-refractivity contribution in [3.8, 4) is 0 Å². The van der Waals surface area contributed by atoms with E-state index >= 15 is 0 Å². The Balaban J connectivity index is 1.18. The summed E-state index contributed by atoms with van der Waals surface area (Å²) >= 11 is 13.3. The fraction of sp³-hybridized carbons (Fsp3) is 0.692. The average molecular weight is 572 g/mol. The number of amides is 2. The molecule has 2 amide bonds. The topological polar surface area (TPSA) is 119 Å². The Bertz CT molecular complexity index is 1090. The van der Waals surface area contributed by atoms with Crippen molar-refractivity contribution in [2.24, 2.45) is 34.8 Å². The predicted molar refractivity (Wildman–Crippen MR) is 146 cm³/mol. The Morgan fingerprint density at radius 2 is 1.73 bits per heavy atom. The van der Waals surface area contributed by atoms with Gasteiger partial charge in [0, 0.05) is 24.5 Å². The van der Waals surface area contributed by atoms with Gasteiger partial charge in [-0.15, -0.1) is 0 Å². The maximum absolute atomic E-state index is 13.3. The van der Waals surface area contributed by atoms with Crippen LogP contribution in [0, 0.1) is 29.1 Å². The number of rotatable bonds is 6. The second-order valence-electron chi connectivity index (χ2n) is 12.3. The maximum atomic E-state index is 13.3. The Labute approximate surface area is 229 Å². The molecule has 5 N–H and O–H groups in total. The van der Waals surface area contributed by atoms with Gasteiger partial charge in [-0.1, -0.05) is 30.1 Å². The highest BCUT2D eigenvalue weighted by atomic mass is 35.5. The lowest BCUT2D eigenvalue weighted by Gasteiger charge is -2.59. The van der Waals surface area contributed by atoms with Gasteiger partial charge in [0.1, 0.15) is 0 Å². The van der Waals surface area contributed by atoms with Crippen LogP contribution in [-0.4, -0.2) is 50.9 Å². The molecular weight excluding hydrogens is 535 g/mol. The minimum absolute atomic E-state index is 0.00418. The van der Waals surface area contributed by atoms with E-state index in [9.17, 15) is 18.7 Å². The van der Waals surface area contributed by atoms with Gasteiger partial charge >= 0.3 is 0 Å². The first kappa shape index (κ1) is 26.0. The first-order chi connectivity index (χ1) is 17.5. The molecular formula is C26H36Cl2N4O4S. The molecule has 204 valence electrons. The van der Waals surface area contributed by atoms with Gasteiger partial charge in [-0.3, -0.25) is 23.0 Å². The Kier molecular flexibility index (Phi) is 6.45. The largest absolute Gasteiger partial charge is 0.369 e. The minimum atomic E-state index is -3.51. The van der Waals surface area contributed by atoms with Gasteiger partial charge in [-0.2, -0.15) is 4.31 Å². The normalized spacial score (nSPS) is 37.4. The molecule has 1 aromatic rings. The molecule has 1 heterocycles. The average Bonchev–Trinajstić information content (AvgIpc) is 3.64. The Morgan fingerprint density at radius 1 is 1.11 bits per heavy atom. The molecule has 11 heteroatoms. The van der Waals surface area contributed by atoms with Crippen LogP contribution in [0.3, 0.4) is 0 Å². The molecule has 6 aliphatic rings. The molecule has 3 unspecified atom stereocenters. The third-order valence-corrected chi connectivity index (χ3v) is 11.9. The van der Waals surface area contributed by atoms with Gasteiger partial charge < -0.3 is 11.1 Å². The number of hydrogen-bond acceptors (Lipinski definition) is 6. The van der Waals surface area contributed by atoms with Crippen LogP contribution in [0.4, 0.5) is 5.69 Å². The third-order valence-electron chi connectivity index (χ3n) is 9.42. The standard InChI is InChI=1S/C26H36Cl2N4O4S/c1-14-11-31(37(35,36)32(12-14)24-20(27)6-17(7-21(24)28)16-2-3-16)13-22(33)30-23-18-4-15-5-19(23)10-26(8-15,9-18)25(29)34/h6-7,14-16,18-19,23,35-36H,2-5,8-13H2,1H3,(H2,29,34)(H,30,33). The number of benzene rings is 1. The maximum Gasteiger partial charge on any atom is 0.236 e. The zero-order valence-corrected chi connectivity index (χ0v) is 23.4. The number of primary amides is 1. The van der Waals surface area contributed by atoms with Crippen molar-refractivity contribution in [1.82, 2.24) is 9.62 Å². The van der Waals surface area contributed by atoms with Gasteiger partial charge in [-0.05, 0) is 103 Å². The van der Waals surface area contributed by atoms with Gasteiger partial charge in [0.15, 0.2) is 0 Å². The molecule has 1 saturated heterocycles. The third kappa shape index (κ3) is 4.53. The van der Waals surface area contributed by atoms with E-state index < -0.39 is 16.4 Å². The summed E-state index contributed by atoms with van der Waals surface area (Å²) in [5.41, 5.74) is 6.87. The summed E-state index contributed by atoms with van der Waals surface area (Å²) in [5.74, 6) is 1.07. The van der Waals surface area contributed by atoms with Crippen LogP contribution < -0.4 is 15.4 Å². The smallest absolute Gasteiger partial charge is 0.236 e. The van der Waals surface area contributed by atoms with E-state index in [1.807, 2.05) is 19.1 Å². The molecule has 8 nitrogen and oxygen atoms in total. The molecule has 5 saturated carbocycles. The highest BCUT2D eigenvalue weighted by Gasteiger charge is 2.58. The highest BCUT2D eigenvalue weighted by molar-refractivity contribution is 8.23. The number of nitrogens with one attached hydrogen (secondary N) is 1. The van der Waals surface area contributed by atoms with Crippen molar-refractivity contribution < 1.29 is 18.7 Å². The number of anilines is 1. The summed E-state index contributed by atoms with van der Waals surface area (Å²) < 4.78 is 25.7. The van der Waals surface area contributed by atoms with Crippen LogP contribution >= 0.6 is 34.2 Å². The molecule has 3 atom stereocenters. The van der Waals surface area contributed by atoms with Crippen molar-refractivity contribution in [1.29, 1.82) is 0 Å². The summed E-state index contributed by atoms with van der Waals surface area (Å²) in [6, 6.07) is 3.74. The van der Waals surface area contributed by atoms with Gasteiger partial charge in [-0.25, -0.2) is 0 Å². The lowest BCUT2D eigenvalue weighted by Crippen LogP contribution is -2.63. The van der Waals surface area contributed by atoms with Crippen molar-refractivity contribution in [3.05, 3.63) is 27.7 Å². The quantitative estimate of drug-likeness (QED) is 0.382. The molecule has 5 aliphatic carbocycles. The van der Waals surface area contributed by atoms with E-state index in [2.05, 4.69) is 5.32 Å². The summed E-state index contributed by atoms with van der Waals surface area (Å²) in [6.07, 6.45) is 6.58. The molecule has 0 radical (unpaired) electrons. The predicted octanol–water partition coefficient (Wildman–Crippen LogP) is 5.01. The van der Waals surface area contributed by atoms with E-state index in [1.165, 1.54) is 8.61 Å². The number of nitrogens with zero attached hydrogens (tertiary/aromatic N) is 2. The highest BCUT2D eigenvalue weighted by Crippen LogP contribution is 2.60. The van der Waals surface area contributed by atoms with Crippen molar-refractivity contribution in [2.75, 3.05) is 23.9 Å². The summed E-state index contributed by atoms with van der Waals surface area (Å²) in [6.45, 7) is 2.60. The van der Waals surface area contributed by atoms with Crippen LogP contribution in [0.25, 0.3) is 0 Å². The molecule has 4 bridgehead atoms. The van der Waals surface area contributed by atoms with Crippen molar-refractivity contribution in [3.63, 3.8) is 0 Å². The van der Waals surface area contributed by atoms with E-state index in [0.717, 1.165) is 50.5 Å². The summed E-state index contributed by atoms with van der Waals surface area (Å²) in [5, 5.41) is 4.00. The van der Waals surface area contributed by atoms with Crippen LogP contribution in [0.1, 0.15) is 63.4 Å². The first-order valence-corrected chi connectivity index (χ1v) is 15.6. The van der Waals surface area contributed by atoms with Crippen LogP contribution in [0.5, 0.6) is 0 Å².